The highest BCUT2D eigenvalue weighted by Crippen LogP contribution is 2.68. The van der Waals surface area contributed by atoms with Gasteiger partial charge in [-0.1, -0.05) is 55.8 Å². The molecule has 2 aromatic carbocycles. The zero-order chi connectivity index (χ0) is 40.8. The molecule has 58 heavy (non-hydrogen) atoms. The molecule has 6 heterocycles. The van der Waals surface area contributed by atoms with E-state index in [0.29, 0.717) is 25.2 Å². The van der Waals surface area contributed by atoms with Crippen LogP contribution in [0.15, 0.2) is 60.2 Å². The molecule has 1 spiro atoms. The van der Waals surface area contributed by atoms with Gasteiger partial charge in [-0.05, 0) is 74.8 Å². The van der Waals surface area contributed by atoms with Crippen molar-refractivity contribution in [3.8, 4) is 5.75 Å². The summed E-state index contributed by atoms with van der Waals surface area (Å²) in [5.41, 5.74) is 2.92. The number of esters is 2. The topological polar surface area (TPSA) is 117 Å². The number of aromatic nitrogens is 1. The molecular weight excluding hydrogens is 733 g/mol. The van der Waals surface area contributed by atoms with Crippen LogP contribution in [0.1, 0.15) is 75.8 Å². The molecule has 1 saturated heterocycles. The van der Waals surface area contributed by atoms with Gasteiger partial charge in [0.1, 0.15) is 22.9 Å². The summed E-state index contributed by atoms with van der Waals surface area (Å²) < 4.78 is 25.0. The third-order valence-corrected chi connectivity index (χ3v) is 15.2. The van der Waals surface area contributed by atoms with Crippen molar-refractivity contribution in [2.45, 2.75) is 94.4 Å². The lowest BCUT2D eigenvalue weighted by Crippen LogP contribution is -2.80. The lowest BCUT2D eigenvalue weighted by Gasteiger charge is -2.64. The molecule has 11 nitrogen and oxygen atoms in total. The number of methoxy groups -OCH3 is 2. The predicted octanol–water partition coefficient (Wildman–Crippen LogP) is 5.66. The Bertz CT molecular complexity index is 2200. The van der Waals surface area contributed by atoms with Crippen LogP contribution in [-0.4, -0.2) is 123 Å². The van der Waals surface area contributed by atoms with Crippen LogP contribution in [0.4, 0.5) is 5.69 Å². The fourth-order valence-corrected chi connectivity index (χ4v) is 13.2. The van der Waals surface area contributed by atoms with Gasteiger partial charge in [0.15, 0.2) is 0 Å². The molecule has 6 aliphatic rings. The van der Waals surface area contributed by atoms with E-state index in [4.69, 9.17) is 18.9 Å². The quantitative estimate of drug-likeness (QED) is 0.208. The molecule has 11 heteroatoms. The highest BCUT2D eigenvalue weighted by Gasteiger charge is 2.78. The van der Waals surface area contributed by atoms with Gasteiger partial charge in [0.05, 0.1) is 26.9 Å². The third-order valence-electron chi connectivity index (χ3n) is 15.2. The molecule has 2 bridgehead atoms. The molecule has 9 atom stereocenters. The van der Waals surface area contributed by atoms with Gasteiger partial charge in [-0.25, -0.2) is 0 Å². The number of benzene rings is 2. The van der Waals surface area contributed by atoms with E-state index in [9.17, 15) is 9.90 Å². The van der Waals surface area contributed by atoms with Crippen molar-refractivity contribution in [2.75, 3.05) is 72.1 Å². The summed E-state index contributed by atoms with van der Waals surface area (Å²) in [6.45, 7) is 12.3. The summed E-state index contributed by atoms with van der Waals surface area (Å²) in [7, 11) is 5.23. The van der Waals surface area contributed by atoms with E-state index < -0.39 is 40.0 Å². The number of para-hydroxylation sites is 1. The van der Waals surface area contributed by atoms with Gasteiger partial charge in [-0.3, -0.25) is 19.4 Å². The van der Waals surface area contributed by atoms with E-state index in [1.807, 2.05) is 20.0 Å². The molecule has 5 aliphatic heterocycles. The van der Waals surface area contributed by atoms with Crippen molar-refractivity contribution in [2.24, 2.45) is 11.3 Å². The number of anilines is 1. The van der Waals surface area contributed by atoms with Crippen molar-refractivity contribution >= 4 is 28.5 Å². The van der Waals surface area contributed by atoms with Gasteiger partial charge in [0.25, 0.3) is 0 Å². The number of aliphatic hydroxyl groups is 1. The van der Waals surface area contributed by atoms with Gasteiger partial charge in [0.2, 0.25) is 0 Å². The Kier molecular flexibility index (Phi) is 9.65. The first-order valence-electron chi connectivity index (χ1n) is 21.4. The number of hydrogen-bond donors (Lipinski definition) is 2. The fourth-order valence-electron chi connectivity index (χ4n) is 13.2. The molecule has 2 fully saturated rings. The number of aromatic amines is 1. The fraction of sp³-hybridized carbons (Fsp3) is 0.574. The smallest absolute Gasteiger partial charge is 0.322 e. The number of nitrogens with one attached hydrogen (secondary N) is 1. The van der Waals surface area contributed by atoms with Crippen molar-refractivity contribution in [1.29, 1.82) is 0 Å². The Hall–Kier alpha value is -4.16. The summed E-state index contributed by atoms with van der Waals surface area (Å²) in [4.78, 5) is 39.5. The van der Waals surface area contributed by atoms with E-state index in [2.05, 4.69) is 82.1 Å². The molecule has 1 aromatic heterocycles. The van der Waals surface area contributed by atoms with Crippen molar-refractivity contribution in [3.63, 3.8) is 0 Å². The minimum absolute atomic E-state index is 0.00665. The van der Waals surface area contributed by atoms with Crippen molar-refractivity contribution in [1.82, 2.24) is 14.8 Å². The molecule has 9 rings (SSSR count). The van der Waals surface area contributed by atoms with Crippen LogP contribution < -0.4 is 9.64 Å². The maximum atomic E-state index is 15.3. The van der Waals surface area contributed by atoms with Crippen LogP contribution in [0, 0.1) is 11.3 Å². The minimum atomic E-state index is -1.59. The summed E-state index contributed by atoms with van der Waals surface area (Å²) in [6, 6.07) is 12.1. The van der Waals surface area contributed by atoms with E-state index in [1.165, 1.54) is 19.6 Å². The summed E-state index contributed by atoms with van der Waals surface area (Å²) in [6.07, 6.45) is 9.56. The van der Waals surface area contributed by atoms with Gasteiger partial charge >= 0.3 is 11.9 Å². The van der Waals surface area contributed by atoms with Crippen molar-refractivity contribution < 1.29 is 33.6 Å². The van der Waals surface area contributed by atoms with Crippen LogP contribution in [0.2, 0.25) is 0 Å². The van der Waals surface area contributed by atoms with Crippen LogP contribution in [0.3, 0.4) is 0 Å². The molecule has 0 amide bonds. The summed E-state index contributed by atoms with van der Waals surface area (Å²) in [5.74, 6) is -0.0955. The summed E-state index contributed by atoms with van der Waals surface area (Å²) in [5, 5.41) is 14.6. The predicted molar refractivity (Wildman–Crippen MR) is 223 cm³/mol. The van der Waals surface area contributed by atoms with Gasteiger partial charge in [-0.2, -0.15) is 0 Å². The van der Waals surface area contributed by atoms with Gasteiger partial charge in [-0.15, -0.1) is 0 Å². The van der Waals surface area contributed by atoms with Crippen LogP contribution in [-0.2, 0) is 41.1 Å². The molecule has 2 N–H and O–H groups in total. The number of ether oxygens (including phenoxy) is 4. The van der Waals surface area contributed by atoms with Gasteiger partial charge in [0, 0.05) is 97.5 Å². The van der Waals surface area contributed by atoms with E-state index in [1.54, 1.807) is 7.11 Å². The number of hydrogen-bond acceptors (Lipinski definition) is 10. The molecule has 3 aromatic rings. The second kappa shape index (κ2) is 14.2. The van der Waals surface area contributed by atoms with Crippen molar-refractivity contribution in [3.05, 3.63) is 82.6 Å². The molecule has 0 radical (unpaired) electrons. The Morgan fingerprint density at radius 1 is 1.05 bits per heavy atom. The largest absolute Gasteiger partial charge is 0.496 e. The Morgan fingerprint density at radius 3 is 2.59 bits per heavy atom. The Morgan fingerprint density at radius 2 is 1.86 bits per heavy atom. The molecule has 1 aliphatic carbocycles. The first-order chi connectivity index (χ1) is 28.0. The molecule has 1 saturated carbocycles. The second-order valence-electron chi connectivity index (χ2n) is 17.8. The number of H-pyrrole nitrogens is 1. The van der Waals surface area contributed by atoms with E-state index in [-0.39, 0.29) is 24.5 Å². The number of likely N-dealkylation sites (N-methyl/N-ethyl adjacent to an activating group) is 1. The molecular formula is C47H60N4O7. The Balaban J connectivity index is 1.36. The zero-order valence-corrected chi connectivity index (χ0v) is 35.2. The van der Waals surface area contributed by atoms with Crippen LogP contribution >= 0.6 is 0 Å². The summed E-state index contributed by atoms with van der Waals surface area (Å²) >= 11 is 0. The third kappa shape index (κ3) is 5.24. The number of carbonyl (C=O) groups is 2. The average Bonchev–Trinajstić information content (AvgIpc) is 3.89. The number of nitrogens with zero attached hydrogens (tertiary/aromatic N) is 3. The lowest BCUT2D eigenvalue weighted by molar-refractivity contribution is -0.232. The second-order valence-corrected chi connectivity index (χ2v) is 17.8. The monoisotopic (exact) mass is 792 g/mol. The van der Waals surface area contributed by atoms with Crippen LogP contribution in [0.5, 0.6) is 5.75 Å². The highest BCUT2D eigenvalue weighted by molar-refractivity contribution is 5.94. The molecule has 310 valence electrons. The van der Waals surface area contributed by atoms with E-state index in [0.717, 1.165) is 91.0 Å². The number of carbonyl (C=O) groups excluding carboxylic acids is 2. The minimum Gasteiger partial charge on any atom is -0.496 e. The normalized spacial score (nSPS) is 34.9. The van der Waals surface area contributed by atoms with Gasteiger partial charge < -0.3 is 33.9 Å². The lowest BCUT2D eigenvalue weighted by atomic mass is 9.47. The SMILES string of the molecule is CCOC[C@@]1(O)[C@H](OC(C)=O)[C@]2(CC)C=CCN3CC[C@]4(c5cc([C@@]6(C(=O)OC)C[C@@H]7C=C(CC)CN(CCc8c6[nH]c6ccccc86)C7)c(OC)cc5N(C)[C@@H]14)[C@H]32. The standard InChI is InChI=1S/C47H60N4O7/c1-8-30-22-31-25-46(43(53)56-7,39-33(16-20-50(26-30)27-31)32-14-11-12-15-36(32)48-39)35-23-34-37(24-38(35)55-6)49(5)41-45(34)18-21-51-19-13-17-44(9-2,40(45)51)42(58-29(4)52)47(41,54)28-57-10-3/h11-15,17,22-24,31,40-42,48,54H,8-10,16,18-21,25-28H2,1-7H3/t31-,40+,41+,42+,44+,45-,46-,47-/m0/s1. The first-order valence-corrected chi connectivity index (χ1v) is 21.4. The first kappa shape index (κ1) is 39.3. The maximum absolute atomic E-state index is 15.3. The number of fused-ring (bicyclic) bond motifs is 6. The maximum Gasteiger partial charge on any atom is 0.322 e. The van der Waals surface area contributed by atoms with E-state index >= 15 is 4.79 Å². The Labute approximate surface area is 342 Å². The zero-order valence-electron chi connectivity index (χ0n) is 35.2. The molecule has 1 unspecified atom stereocenters. The average molecular weight is 793 g/mol. The number of rotatable bonds is 9. The highest BCUT2D eigenvalue weighted by atomic mass is 16.6. The van der Waals surface area contributed by atoms with Crippen LogP contribution in [0.25, 0.3) is 10.9 Å².